The minimum absolute atomic E-state index is 0.00321. The van der Waals surface area contributed by atoms with Gasteiger partial charge in [-0.3, -0.25) is 14.4 Å². The van der Waals surface area contributed by atoms with Gasteiger partial charge in [-0.05, 0) is 43.2 Å². The van der Waals surface area contributed by atoms with E-state index in [1.165, 1.54) is 0 Å². The minimum atomic E-state index is -0.311. The molecule has 3 amide bonds. The Bertz CT molecular complexity index is 1080. The van der Waals surface area contributed by atoms with Crippen molar-refractivity contribution in [3.63, 3.8) is 0 Å². The lowest BCUT2D eigenvalue weighted by Crippen LogP contribution is -2.52. The van der Waals surface area contributed by atoms with Gasteiger partial charge >= 0.3 is 0 Å². The Labute approximate surface area is 211 Å². The molecule has 0 spiro atoms. The molecule has 184 valence electrons. The van der Waals surface area contributed by atoms with E-state index in [0.29, 0.717) is 45.6 Å². The van der Waals surface area contributed by atoms with Crippen LogP contribution in [0.4, 0.5) is 11.4 Å². The van der Waals surface area contributed by atoms with Gasteiger partial charge < -0.3 is 19.6 Å². The van der Waals surface area contributed by atoms with Gasteiger partial charge in [0.25, 0.3) is 0 Å². The van der Waals surface area contributed by atoms with Gasteiger partial charge in [-0.2, -0.15) is 0 Å². The molecule has 8 heteroatoms. The summed E-state index contributed by atoms with van der Waals surface area (Å²) < 4.78 is 0. The molecular formula is C27H31ClN4O3. The minimum Gasteiger partial charge on any atom is -0.368 e. The van der Waals surface area contributed by atoms with Crippen LogP contribution in [-0.2, 0) is 14.4 Å². The summed E-state index contributed by atoms with van der Waals surface area (Å²) in [6, 6.07) is 17.3. The smallest absolute Gasteiger partial charge is 0.228 e. The molecule has 1 unspecified atom stereocenters. The fraction of sp³-hybridized carbons (Fsp3) is 0.444. The van der Waals surface area contributed by atoms with E-state index in [9.17, 15) is 14.4 Å². The van der Waals surface area contributed by atoms with E-state index >= 15 is 0 Å². The molecule has 2 aromatic carbocycles. The van der Waals surface area contributed by atoms with E-state index < -0.39 is 0 Å². The number of piperazine rings is 1. The third-order valence-corrected chi connectivity index (χ3v) is 7.70. The van der Waals surface area contributed by atoms with Crippen LogP contribution in [0, 0.1) is 11.8 Å². The number of likely N-dealkylation sites (tertiary alicyclic amines) is 1. The van der Waals surface area contributed by atoms with E-state index in [1.807, 2.05) is 64.4 Å². The van der Waals surface area contributed by atoms with Crippen LogP contribution in [0.15, 0.2) is 54.6 Å². The topological polar surface area (TPSA) is 64.2 Å². The third-order valence-electron chi connectivity index (χ3n) is 7.46. The third kappa shape index (κ3) is 5.15. The maximum atomic E-state index is 13.2. The van der Waals surface area contributed by atoms with Gasteiger partial charge in [0.2, 0.25) is 17.7 Å². The van der Waals surface area contributed by atoms with Crippen molar-refractivity contribution in [2.45, 2.75) is 19.3 Å². The first-order valence-electron chi connectivity index (χ1n) is 12.4. The average molecular weight is 495 g/mol. The van der Waals surface area contributed by atoms with Gasteiger partial charge in [0.15, 0.2) is 0 Å². The maximum Gasteiger partial charge on any atom is 0.228 e. The van der Waals surface area contributed by atoms with Crippen molar-refractivity contribution in [3.05, 3.63) is 59.6 Å². The second-order valence-electron chi connectivity index (χ2n) is 9.63. The van der Waals surface area contributed by atoms with Crippen LogP contribution in [0.5, 0.6) is 0 Å². The summed E-state index contributed by atoms with van der Waals surface area (Å²) in [5.41, 5.74) is 1.93. The Morgan fingerprint density at radius 3 is 2.06 bits per heavy atom. The lowest BCUT2D eigenvalue weighted by atomic mass is 9.93. The van der Waals surface area contributed by atoms with Gasteiger partial charge in [0.1, 0.15) is 0 Å². The van der Waals surface area contributed by atoms with E-state index in [-0.39, 0.29) is 36.0 Å². The van der Waals surface area contributed by atoms with Gasteiger partial charge in [0, 0.05) is 74.5 Å². The highest BCUT2D eigenvalue weighted by molar-refractivity contribution is 6.30. The average Bonchev–Trinajstić information content (AvgIpc) is 3.30. The number of benzene rings is 2. The van der Waals surface area contributed by atoms with Crippen molar-refractivity contribution in [3.8, 4) is 0 Å². The molecule has 3 fully saturated rings. The first kappa shape index (κ1) is 23.7. The van der Waals surface area contributed by atoms with E-state index in [0.717, 1.165) is 29.5 Å². The van der Waals surface area contributed by atoms with Crippen molar-refractivity contribution >= 4 is 40.7 Å². The molecule has 3 aliphatic heterocycles. The van der Waals surface area contributed by atoms with Crippen molar-refractivity contribution in [1.82, 2.24) is 9.80 Å². The molecule has 7 nitrogen and oxygen atoms in total. The number of anilines is 2. The number of piperidine rings is 1. The number of amides is 3. The van der Waals surface area contributed by atoms with Crippen molar-refractivity contribution in [1.29, 1.82) is 0 Å². The number of para-hydroxylation sites is 1. The van der Waals surface area contributed by atoms with Crippen molar-refractivity contribution < 1.29 is 14.4 Å². The van der Waals surface area contributed by atoms with Crippen molar-refractivity contribution in [2.24, 2.45) is 11.8 Å². The van der Waals surface area contributed by atoms with Crippen molar-refractivity contribution in [2.75, 3.05) is 55.6 Å². The summed E-state index contributed by atoms with van der Waals surface area (Å²) in [5.74, 6) is -0.110. The first-order chi connectivity index (χ1) is 17.0. The van der Waals surface area contributed by atoms with Crippen LogP contribution >= 0.6 is 11.6 Å². The van der Waals surface area contributed by atoms with Gasteiger partial charge in [0.05, 0.1) is 5.92 Å². The fourth-order valence-corrected chi connectivity index (χ4v) is 5.64. The highest BCUT2D eigenvalue weighted by atomic mass is 35.5. The SMILES string of the molecule is O=C(C1CCN(C(=O)C2CC(=O)N(c3ccccc3)C2)CC1)N1CCN(c2cccc(Cl)c2)CC1. The largest absolute Gasteiger partial charge is 0.368 e. The highest BCUT2D eigenvalue weighted by Crippen LogP contribution is 2.29. The van der Waals surface area contributed by atoms with E-state index in [2.05, 4.69) is 4.90 Å². The Hall–Kier alpha value is -3.06. The first-order valence-corrected chi connectivity index (χ1v) is 12.8. The summed E-state index contributed by atoms with van der Waals surface area (Å²) in [5, 5.41) is 0.719. The monoisotopic (exact) mass is 494 g/mol. The predicted molar refractivity (Wildman–Crippen MR) is 136 cm³/mol. The number of carbonyl (C=O) groups is 3. The van der Waals surface area contributed by atoms with E-state index in [1.54, 1.807) is 4.90 Å². The van der Waals surface area contributed by atoms with Gasteiger partial charge in [-0.25, -0.2) is 0 Å². The molecule has 2 aromatic rings. The molecule has 3 aliphatic rings. The summed E-state index contributed by atoms with van der Waals surface area (Å²) in [6.07, 6.45) is 1.62. The Kier molecular flexibility index (Phi) is 6.95. The molecule has 3 saturated heterocycles. The molecule has 0 aliphatic carbocycles. The lowest BCUT2D eigenvalue weighted by molar-refractivity contribution is -0.142. The van der Waals surface area contributed by atoms with Crippen LogP contribution < -0.4 is 9.80 Å². The summed E-state index contributed by atoms with van der Waals surface area (Å²) in [7, 11) is 0. The van der Waals surface area contributed by atoms with Crippen LogP contribution in [-0.4, -0.2) is 73.3 Å². The Balaban J connectivity index is 1.10. The number of hydrogen-bond donors (Lipinski definition) is 0. The molecule has 0 N–H and O–H groups in total. The molecule has 0 radical (unpaired) electrons. The van der Waals surface area contributed by atoms with Crippen LogP contribution in [0.3, 0.4) is 0 Å². The number of rotatable bonds is 4. The molecule has 35 heavy (non-hydrogen) atoms. The lowest BCUT2D eigenvalue weighted by Gasteiger charge is -2.39. The Morgan fingerprint density at radius 2 is 1.37 bits per heavy atom. The fourth-order valence-electron chi connectivity index (χ4n) is 5.45. The molecule has 0 saturated carbocycles. The molecule has 0 aromatic heterocycles. The summed E-state index contributed by atoms with van der Waals surface area (Å²) in [4.78, 5) is 46.6. The quantitative estimate of drug-likeness (QED) is 0.654. The summed E-state index contributed by atoms with van der Waals surface area (Å²) >= 11 is 6.12. The second-order valence-corrected chi connectivity index (χ2v) is 10.1. The zero-order valence-corrected chi connectivity index (χ0v) is 20.6. The molecule has 0 bridgehead atoms. The Morgan fingerprint density at radius 1 is 0.743 bits per heavy atom. The number of nitrogens with zero attached hydrogens (tertiary/aromatic N) is 4. The molecule has 1 atom stereocenters. The summed E-state index contributed by atoms with van der Waals surface area (Å²) in [6.45, 7) is 4.56. The zero-order chi connectivity index (χ0) is 24.4. The predicted octanol–water partition coefficient (Wildman–Crippen LogP) is 3.28. The number of halogens is 1. The van der Waals surface area contributed by atoms with Crippen LogP contribution in [0.25, 0.3) is 0 Å². The van der Waals surface area contributed by atoms with Gasteiger partial charge in [-0.1, -0.05) is 35.9 Å². The number of hydrogen-bond acceptors (Lipinski definition) is 4. The van der Waals surface area contributed by atoms with Crippen LogP contribution in [0.2, 0.25) is 5.02 Å². The van der Waals surface area contributed by atoms with Crippen LogP contribution in [0.1, 0.15) is 19.3 Å². The molecule has 3 heterocycles. The standard InChI is InChI=1S/C27H31ClN4O3/c28-22-5-4-8-24(18-22)29-13-15-31(16-14-29)26(34)20-9-11-30(12-10-20)27(35)21-17-25(33)32(19-21)23-6-2-1-3-7-23/h1-8,18,20-21H,9-17,19H2. The normalized spacial score (nSPS) is 21.5. The molecule has 5 rings (SSSR count). The molecular weight excluding hydrogens is 464 g/mol. The second kappa shape index (κ2) is 10.3. The zero-order valence-electron chi connectivity index (χ0n) is 19.8. The van der Waals surface area contributed by atoms with E-state index in [4.69, 9.17) is 11.6 Å². The van der Waals surface area contributed by atoms with Gasteiger partial charge in [-0.15, -0.1) is 0 Å². The number of carbonyl (C=O) groups excluding carboxylic acids is 3. The highest BCUT2D eigenvalue weighted by Gasteiger charge is 2.39. The maximum absolute atomic E-state index is 13.2.